The summed E-state index contributed by atoms with van der Waals surface area (Å²) in [5.74, 6) is 0.424. The van der Waals surface area contributed by atoms with E-state index in [1.54, 1.807) is 7.11 Å². The van der Waals surface area contributed by atoms with Crippen molar-refractivity contribution in [3.63, 3.8) is 0 Å². The molecule has 1 atom stereocenters. The summed E-state index contributed by atoms with van der Waals surface area (Å²) in [6, 6.07) is 10.4. The minimum Gasteiger partial charge on any atom is -0.398 e. The molecule has 0 saturated carbocycles. The van der Waals surface area contributed by atoms with Gasteiger partial charge in [0.05, 0.1) is 0 Å². The number of hydrogen-bond acceptors (Lipinski definition) is 2. The zero-order valence-electron chi connectivity index (χ0n) is 9.99. The molecule has 84 valence electrons. The molecule has 15 heavy (non-hydrogen) atoms. The molecule has 2 nitrogen and oxygen atoms in total. The predicted octanol–water partition coefficient (Wildman–Crippen LogP) is 3.15. The average Bonchev–Trinajstić information content (AvgIpc) is 2.27. The highest BCUT2D eigenvalue weighted by Gasteiger charge is 2.23. The van der Waals surface area contributed by atoms with Gasteiger partial charge in [0, 0.05) is 19.6 Å². The Hall–Kier alpha value is -0.643. The molecule has 0 N–H and O–H groups in total. The number of rotatable bonds is 5. The summed E-state index contributed by atoms with van der Waals surface area (Å²) in [6.45, 7) is 7.03. The van der Waals surface area contributed by atoms with Crippen molar-refractivity contribution >= 4 is 8.56 Å². The molecule has 0 heterocycles. The molecule has 1 rings (SSSR count). The molecule has 0 fully saturated rings. The van der Waals surface area contributed by atoms with Crippen molar-refractivity contribution in [1.82, 2.24) is 0 Å². The van der Waals surface area contributed by atoms with Gasteiger partial charge in [0.25, 0.3) is 0 Å². The number of hydrogen-bond donors (Lipinski definition) is 0. The second kappa shape index (κ2) is 5.44. The molecule has 1 unspecified atom stereocenters. The molecule has 0 aliphatic carbocycles. The molecule has 0 saturated heterocycles. The summed E-state index contributed by atoms with van der Waals surface area (Å²) >= 11 is 0. The summed E-state index contributed by atoms with van der Waals surface area (Å²) < 4.78 is 11.2. The molecule has 0 aromatic heterocycles. The van der Waals surface area contributed by atoms with Crippen LogP contribution in [0.1, 0.15) is 18.4 Å². The molecule has 0 aliphatic heterocycles. The van der Waals surface area contributed by atoms with Crippen molar-refractivity contribution in [3.05, 3.63) is 35.9 Å². The van der Waals surface area contributed by atoms with Crippen molar-refractivity contribution in [2.24, 2.45) is 0 Å². The van der Waals surface area contributed by atoms with E-state index in [0.717, 1.165) is 6.61 Å². The predicted molar refractivity (Wildman–Crippen MR) is 65.3 cm³/mol. The molecule has 0 spiro atoms. The van der Waals surface area contributed by atoms with Crippen LogP contribution < -0.4 is 0 Å². The first kappa shape index (κ1) is 12.4. The second-order valence-electron chi connectivity index (χ2n) is 4.23. The average molecular weight is 224 g/mol. The van der Waals surface area contributed by atoms with E-state index in [1.165, 1.54) is 5.56 Å². The van der Waals surface area contributed by atoms with Crippen molar-refractivity contribution in [2.75, 3.05) is 13.7 Å². The van der Waals surface area contributed by atoms with Crippen molar-refractivity contribution in [1.29, 1.82) is 0 Å². The molecule has 0 radical (unpaired) electrons. The lowest BCUT2D eigenvalue weighted by Crippen LogP contribution is -2.34. The number of benzene rings is 1. The van der Waals surface area contributed by atoms with Crippen LogP contribution in [0.25, 0.3) is 0 Å². The van der Waals surface area contributed by atoms with Gasteiger partial charge in [0.15, 0.2) is 0 Å². The summed E-state index contributed by atoms with van der Waals surface area (Å²) in [6.07, 6.45) is 0. The molecule has 1 aromatic rings. The van der Waals surface area contributed by atoms with Gasteiger partial charge in [-0.3, -0.25) is 0 Å². The monoisotopic (exact) mass is 224 g/mol. The van der Waals surface area contributed by atoms with Crippen LogP contribution in [0.5, 0.6) is 0 Å². The fourth-order valence-corrected chi connectivity index (χ4v) is 2.03. The van der Waals surface area contributed by atoms with Gasteiger partial charge >= 0.3 is 8.56 Å². The first-order chi connectivity index (χ1) is 7.05. The van der Waals surface area contributed by atoms with E-state index in [1.807, 2.05) is 6.07 Å². The van der Waals surface area contributed by atoms with Gasteiger partial charge in [0.1, 0.15) is 0 Å². The summed E-state index contributed by atoms with van der Waals surface area (Å²) in [7, 11) is -0.151. The van der Waals surface area contributed by atoms with E-state index >= 15 is 0 Å². The summed E-state index contributed by atoms with van der Waals surface area (Å²) in [5, 5.41) is 0. The van der Waals surface area contributed by atoms with Gasteiger partial charge in [-0.05, 0) is 18.7 Å². The van der Waals surface area contributed by atoms with Crippen LogP contribution in [0.2, 0.25) is 13.1 Å². The second-order valence-corrected chi connectivity index (χ2v) is 7.72. The highest BCUT2D eigenvalue weighted by Crippen LogP contribution is 2.17. The lowest BCUT2D eigenvalue weighted by Gasteiger charge is -2.22. The molecule has 0 bridgehead atoms. The zero-order valence-corrected chi connectivity index (χ0v) is 11.0. The Labute approximate surface area is 93.5 Å². The molecule has 0 aliphatic rings. The Morgan fingerprint density at radius 1 is 1.20 bits per heavy atom. The van der Waals surface area contributed by atoms with E-state index in [0.29, 0.717) is 5.92 Å². The van der Waals surface area contributed by atoms with E-state index in [9.17, 15) is 0 Å². The van der Waals surface area contributed by atoms with Gasteiger partial charge in [-0.15, -0.1) is 0 Å². The SMILES string of the molecule is CO[Si](C)(C)OCC(C)c1ccccc1. The Kier molecular flexibility index (Phi) is 4.51. The van der Waals surface area contributed by atoms with E-state index < -0.39 is 8.56 Å². The highest BCUT2D eigenvalue weighted by molar-refractivity contribution is 6.64. The lowest BCUT2D eigenvalue weighted by molar-refractivity contribution is 0.201. The van der Waals surface area contributed by atoms with E-state index in [4.69, 9.17) is 8.85 Å². The van der Waals surface area contributed by atoms with Crippen LogP contribution in [-0.2, 0) is 8.85 Å². The van der Waals surface area contributed by atoms with Crippen LogP contribution in [0.15, 0.2) is 30.3 Å². The van der Waals surface area contributed by atoms with Crippen LogP contribution in [0.3, 0.4) is 0 Å². The smallest absolute Gasteiger partial charge is 0.331 e. The van der Waals surface area contributed by atoms with Crippen LogP contribution in [0, 0.1) is 0 Å². The van der Waals surface area contributed by atoms with Crippen LogP contribution in [0.4, 0.5) is 0 Å². The van der Waals surface area contributed by atoms with Crippen LogP contribution in [-0.4, -0.2) is 22.3 Å². The molecular formula is C12H20O2Si. The molecular weight excluding hydrogens is 204 g/mol. The first-order valence-corrected chi connectivity index (χ1v) is 8.11. The van der Waals surface area contributed by atoms with Crippen LogP contribution >= 0.6 is 0 Å². The largest absolute Gasteiger partial charge is 0.398 e. The summed E-state index contributed by atoms with van der Waals surface area (Å²) in [4.78, 5) is 0. The fraction of sp³-hybridized carbons (Fsp3) is 0.500. The van der Waals surface area contributed by atoms with Gasteiger partial charge in [-0.2, -0.15) is 0 Å². The molecule has 3 heteroatoms. The van der Waals surface area contributed by atoms with E-state index in [2.05, 4.69) is 44.3 Å². The van der Waals surface area contributed by atoms with Crippen molar-refractivity contribution < 1.29 is 8.85 Å². The standard InChI is InChI=1S/C12H20O2Si/c1-11(10-14-15(3,4)13-2)12-8-6-5-7-9-12/h5-9,11H,10H2,1-4H3. The van der Waals surface area contributed by atoms with Gasteiger partial charge in [0.2, 0.25) is 0 Å². The quantitative estimate of drug-likeness (QED) is 0.715. The molecule has 1 aromatic carbocycles. The molecule has 0 amide bonds. The van der Waals surface area contributed by atoms with E-state index in [-0.39, 0.29) is 0 Å². The normalized spacial score (nSPS) is 13.9. The third-order valence-corrected chi connectivity index (χ3v) is 4.39. The topological polar surface area (TPSA) is 18.5 Å². The van der Waals surface area contributed by atoms with Crippen molar-refractivity contribution in [3.8, 4) is 0 Å². The third-order valence-electron chi connectivity index (χ3n) is 2.54. The van der Waals surface area contributed by atoms with Gasteiger partial charge in [-0.25, -0.2) is 0 Å². The maximum absolute atomic E-state index is 5.81. The lowest BCUT2D eigenvalue weighted by atomic mass is 10.0. The Bertz CT molecular complexity index is 285. The Morgan fingerprint density at radius 3 is 2.33 bits per heavy atom. The van der Waals surface area contributed by atoms with Gasteiger partial charge < -0.3 is 8.85 Å². The summed E-state index contributed by atoms with van der Waals surface area (Å²) in [5.41, 5.74) is 1.32. The minimum absolute atomic E-state index is 0.424. The third kappa shape index (κ3) is 4.16. The van der Waals surface area contributed by atoms with Crippen molar-refractivity contribution in [2.45, 2.75) is 25.9 Å². The highest BCUT2D eigenvalue weighted by atomic mass is 28.4. The Balaban J connectivity index is 2.47. The maximum Gasteiger partial charge on any atom is 0.331 e. The minimum atomic E-state index is -1.87. The van der Waals surface area contributed by atoms with Gasteiger partial charge in [-0.1, -0.05) is 37.3 Å². The fourth-order valence-electron chi connectivity index (χ4n) is 1.26. The zero-order chi connectivity index (χ0) is 11.3. The maximum atomic E-state index is 5.81. The Morgan fingerprint density at radius 2 is 1.80 bits per heavy atom. The first-order valence-electron chi connectivity index (χ1n) is 5.29.